The third-order valence-corrected chi connectivity index (χ3v) is 4.72. The molecule has 1 aromatic heterocycles. The lowest BCUT2D eigenvalue weighted by molar-refractivity contribution is -0.183. The van der Waals surface area contributed by atoms with Crippen LogP contribution < -0.4 is 4.90 Å². The Labute approximate surface area is 125 Å². The number of hydrogen-bond acceptors (Lipinski definition) is 6. The third-order valence-electron chi connectivity index (χ3n) is 4.72. The highest BCUT2D eigenvalue weighted by molar-refractivity contribution is 5.26. The molecule has 0 unspecified atom stereocenters. The Bertz CT molecular complexity index is 480. The van der Waals surface area contributed by atoms with Gasteiger partial charge in [-0.2, -0.15) is 0 Å². The minimum Gasteiger partial charge on any atom is -0.408 e. The Morgan fingerprint density at radius 1 is 1.29 bits per heavy atom. The largest absolute Gasteiger partial charge is 0.408 e. The molecule has 0 saturated carbocycles. The molecule has 6 heteroatoms. The summed E-state index contributed by atoms with van der Waals surface area (Å²) in [5.41, 5.74) is -0.182. The van der Waals surface area contributed by atoms with Gasteiger partial charge in [0.25, 0.3) is 0 Å². The molecule has 3 heterocycles. The fourth-order valence-corrected chi connectivity index (χ4v) is 3.45. The van der Waals surface area contributed by atoms with E-state index < -0.39 is 0 Å². The van der Waals surface area contributed by atoms with E-state index in [1.54, 1.807) is 6.92 Å². The van der Waals surface area contributed by atoms with Crippen molar-refractivity contribution < 1.29 is 14.3 Å². The lowest BCUT2D eigenvalue weighted by Crippen LogP contribution is -2.53. The van der Waals surface area contributed by atoms with E-state index in [0.29, 0.717) is 17.8 Å². The molecule has 118 valence electrons. The second-order valence-corrected chi connectivity index (χ2v) is 6.77. The van der Waals surface area contributed by atoms with E-state index in [2.05, 4.69) is 28.9 Å². The van der Waals surface area contributed by atoms with E-state index in [9.17, 15) is 5.11 Å². The van der Waals surface area contributed by atoms with Crippen LogP contribution in [0.2, 0.25) is 0 Å². The van der Waals surface area contributed by atoms with E-state index in [1.807, 2.05) is 0 Å². The molecule has 1 N–H and O–H groups in total. The first-order valence-electron chi connectivity index (χ1n) is 7.88. The van der Waals surface area contributed by atoms with Gasteiger partial charge in [0.15, 0.2) is 0 Å². The topological polar surface area (TPSA) is 71.6 Å². The van der Waals surface area contributed by atoms with Crippen molar-refractivity contribution in [2.24, 2.45) is 5.92 Å². The van der Waals surface area contributed by atoms with E-state index in [-0.39, 0.29) is 17.8 Å². The molecule has 0 aliphatic carbocycles. The summed E-state index contributed by atoms with van der Waals surface area (Å²) in [4.78, 5) is 2.11. The smallest absolute Gasteiger partial charge is 0.318 e. The summed E-state index contributed by atoms with van der Waals surface area (Å²) >= 11 is 0. The summed E-state index contributed by atoms with van der Waals surface area (Å²) in [7, 11) is 0. The van der Waals surface area contributed by atoms with Crippen molar-refractivity contribution >= 4 is 6.01 Å². The van der Waals surface area contributed by atoms with Crippen molar-refractivity contribution in [1.29, 1.82) is 0 Å². The first-order valence-corrected chi connectivity index (χ1v) is 7.88. The number of aliphatic hydroxyl groups excluding tert-OH is 1. The van der Waals surface area contributed by atoms with Crippen LogP contribution in [0.1, 0.15) is 45.4 Å². The van der Waals surface area contributed by atoms with Crippen LogP contribution in [0.3, 0.4) is 0 Å². The van der Waals surface area contributed by atoms with Crippen molar-refractivity contribution in [3.05, 3.63) is 5.89 Å². The maximum absolute atomic E-state index is 10.2. The Kier molecular flexibility index (Phi) is 3.92. The highest BCUT2D eigenvalue weighted by atomic mass is 16.5. The quantitative estimate of drug-likeness (QED) is 0.898. The van der Waals surface area contributed by atoms with Gasteiger partial charge in [0.1, 0.15) is 0 Å². The van der Waals surface area contributed by atoms with Crippen LogP contribution in [0.4, 0.5) is 6.01 Å². The molecule has 0 radical (unpaired) electrons. The lowest BCUT2D eigenvalue weighted by Gasteiger charge is -2.48. The minimum absolute atomic E-state index is 0.158. The molecule has 1 aromatic rings. The molecule has 2 aliphatic rings. The highest BCUT2D eigenvalue weighted by Gasteiger charge is 2.44. The minimum atomic E-state index is -0.247. The zero-order valence-electron chi connectivity index (χ0n) is 13.1. The Hall–Kier alpha value is -1.14. The van der Waals surface area contributed by atoms with E-state index >= 15 is 0 Å². The summed E-state index contributed by atoms with van der Waals surface area (Å²) in [6.07, 6.45) is 3.21. The number of aryl methyl sites for hydroxylation is 1. The Morgan fingerprint density at radius 3 is 2.57 bits per heavy atom. The fourth-order valence-electron chi connectivity index (χ4n) is 3.45. The molecule has 2 atom stereocenters. The average Bonchev–Trinajstić information content (AvgIpc) is 2.85. The normalized spacial score (nSPS) is 29.3. The van der Waals surface area contributed by atoms with Gasteiger partial charge in [-0.3, -0.25) is 0 Å². The van der Waals surface area contributed by atoms with Crippen LogP contribution >= 0.6 is 0 Å². The highest BCUT2D eigenvalue weighted by Crippen LogP contribution is 2.39. The van der Waals surface area contributed by atoms with Crippen LogP contribution in [0.25, 0.3) is 0 Å². The zero-order chi connectivity index (χ0) is 15.0. The monoisotopic (exact) mass is 295 g/mol. The van der Waals surface area contributed by atoms with Crippen molar-refractivity contribution in [3.8, 4) is 0 Å². The molecule has 0 bridgehead atoms. The molecular weight excluding hydrogens is 270 g/mol. The first kappa shape index (κ1) is 14.8. The number of rotatable bonds is 2. The molecule has 6 nitrogen and oxygen atoms in total. The van der Waals surface area contributed by atoms with Crippen LogP contribution in [-0.2, 0) is 4.74 Å². The van der Waals surface area contributed by atoms with Gasteiger partial charge in [-0.25, -0.2) is 0 Å². The summed E-state index contributed by atoms with van der Waals surface area (Å²) in [5, 5.41) is 18.2. The van der Waals surface area contributed by atoms with Gasteiger partial charge in [0.2, 0.25) is 5.89 Å². The second-order valence-electron chi connectivity index (χ2n) is 6.77. The van der Waals surface area contributed by atoms with Gasteiger partial charge in [-0.1, -0.05) is 18.9 Å². The third kappa shape index (κ3) is 3.06. The number of aliphatic hydroxyl groups is 1. The number of aromatic nitrogens is 2. The van der Waals surface area contributed by atoms with Crippen molar-refractivity contribution in [3.63, 3.8) is 0 Å². The van der Waals surface area contributed by atoms with Crippen molar-refractivity contribution in [2.75, 3.05) is 18.0 Å². The molecule has 2 aliphatic heterocycles. The number of hydrogen-bond donors (Lipinski definition) is 1. The molecule has 0 aromatic carbocycles. The maximum atomic E-state index is 10.2. The molecular formula is C15H25N3O3. The number of nitrogens with zero attached hydrogens (tertiary/aromatic N) is 3. The fraction of sp³-hybridized carbons (Fsp3) is 0.867. The maximum Gasteiger partial charge on any atom is 0.318 e. The van der Waals surface area contributed by atoms with Crippen LogP contribution in [-0.4, -0.2) is 46.2 Å². The zero-order valence-corrected chi connectivity index (χ0v) is 13.1. The van der Waals surface area contributed by atoms with Gasteiger partial charge in [-0.05, 0) is 25.2 Å². The predicted octanol–water partition coefficient (Wildman–Crippen LogP) is 1.91. The van der Waals surface area contributed by atoms with Crippen molar-refractivity contribution in [2.45, 2.75) is 64.3 Å². The lowest BCUT2D eigenvalue weighted by atomic mass is 9.80. The predicted molar refractivity (Wildman–Crippen MR) is 78.2 cm³/mol. The van der Waals surface area contributed by atoms with E-state index in [0.717, 1.165) is 38.8 Å². The summed E-state index contributed by atoms with van der Waals surface area (Å²) in [6.45, 7) is 7.79. The summed E-state index contributed by atoms with van der Waals surface area (Å²) in [6, 6.07) is 0.596. The summed E-state index contributed by atoms with van der Waals surface area (Å²) in [5.74, 6) is 1.03. The molecule has 21 heavy (non-hydrogen) atoms. The van der Waals surface area contributed by atoms with Crippen LogP contribution in [0.15, 0.2) is 4.42 Å². The number of piperidine rings is 1. The SMILES string of the molecule is Cc1nnc(N2CCC3(CC2)C[C@H](O)C[C@H](C(C)C)O3)o1. The van der Waals surface area contributed by atoms with Gasteiger partial charge in [-0.15, -0.1) is 5.10 Å². The van der Waals surface area contributed by atoms with Gasteiger partial charge in [0.05, 0.1) is 17.8 Å². The van der Waals surface area contributed by atoms with Crippen molar-refractivity contribution in [1.82, 2.24) is 10.2 Å². The molecule has 3 rings (SSSR count). The molecule has 0 amide bonds. The molecule has 2 fully saturated rings. The Balaban J connectivity index is 1.66. The number of ether oxygens (including phenoxy) is 1. The van der Waals surface area contributed by atoms with E-state index in [1.165, 1.54) is 0 Å². The van der Waals surface area contributed by atoms with Gasteiger partial charge in [0, 0.05) is 26.4 Å². The van der Waals surface area contributed by atoms with Crippen LogP contribution in [0, 0.1) is 12.8 Å². The molecule has 2 saturated heterocycles. The van der Waals surface area contributed by atoms with E-state index in [4.69, 9.17) is 9.15 Å². The van der Waals surface area contributed by atoms with Gasteiger partial charge >= 0.3 is 6.01 Å². The first-order chi connectivity index (χ1) is 9.97. The van der Waals surface area contributed by atoms with Gasteiger partial charge < -0.3 is 19.2 Å². The van der Waals surface area contributed by atoms with Crippen LogP contribution in [0.5, 0.6) is 0 Å². The standard InChI is InChI=1S/C15H25N3O3/c1-10(2)13-8-12(19)9-15(21-13)4-6-18(7-5-15)14-17-16-11(3)20-14/h10,12-13,19H,4-9H2,1-3H3/t12-,13-/m1/s1. The Morgan fingerprint density at radius 2 is 2.00 bits per heavy atom. The molecule has 1 spiro atoms. The number of anilines is 1. The second kappa shape index (κ2) is 5.57. The average molecular weight is 295 g/mol. The summed E-state index contributed by atoms with van der Waals surface area (Å²) < 4.78 is 11.9.